The van der Waals surface area contributed by atoms with E-state index in [1.807, 2.05) is 12.4 Å². The van der Waals surface area contributed by atoms with E-state index in [1.165, 1.54) is 42.4 Å². The number of nitrogens with zero attached hydrogens (tertiary/aromatic N) is 2. The van der Waals surface area contributed by atoms with Crippen molar-refractivity contribution in [1.29, 1.82) is 0 Å². The third kappa shape index (κ3) is 4.65. The first-order chi connectivity index (χ1) is 14.7. The van der Waals surface area contributed by atoms with Crippen molar-refractivity contribution in [3.63, 3.8) is 0 Å². The summed E-state index contributed by atoms with van der Waals surface area (Å²) in [7, 11) is 4.51. The lowest BCUT2D eigenvalue weighted by molar-refractivity contribution is 0.0611. The number of rotatable bonds is 7. The SMILES string of the molecule is CN(C)C1(c2ccccc2)CCC(C(Cc2ccccc2)Cc2ccncc2)CC1. The quantitative estimate of drug-likeness (QED) is 0.476. The third-order valence-electron chi connectivity index (χ3n) is 7.28. The maximum atomic E-state index is 4.22. The predicted octanol–water partition coefficient (Wildman–Crippen LogP) is 6.13. The fourth-order valence-electron chi connectivity index (χ4n) is 5.48. The van der Waals surface area contributed by atoms with Gasteiger partial charge in [-0.25, -0.2) is 0 Å². The van der Waals surface area contributed by atoms with Crippen molar-refractivity contribution < 1.29 is 0 Å². The van der Waals surface area contributed by atoms with Gasteiger partial charge in [-0.15, -0.1) is 0 Å². The molecule has 0 aliphatic heterocycles. The van der Waals surface area contributed by atoms with Gasteiger partial charge in [0.15, 0.2) is 0 Å². The molecule has 1 atom stereocenters. The number of hydrogen-bond acceptors (Lipinski definition) is 2. The van der Waals surface area contributed by atoms with Crippen LogP contribution in [0, 0.1) is 11.8 Å². The molecule has 156 valence electrons. The van der Waals surface area contributed by atoms with Crippen molar-refractivity contribution in [2.24, 2.45) is 11.8 Å². The van der Waals surface area contributed by atoms with Gasteiger partial charge in [0.05, 0.1) is 0 Å². The summed E-state index contributed by atoms with van der Waals surface area (Å²) >= 11 is 0. The first-order valence-corrected chi connectivity index (χ1v) is 11.3. The number of hydrogen-bond donors (Lipinski definition) is 0. The van der Waals surface area contributed by atoms with Gasteiger partial charge in [0.1, 0.15) is 0 Å². The van der Waals surface area contributed by atoms with E-state index in [-0.39, 0.29) is 5.54 Å². The summed E-state index contributed by atoms with van der Waals surface area (Å²) in [6.45, 7) is 0. The summed E-state index contributed by atoms with van der Waals surface area (Å²) in [6.07, 6.45) is 11.2. The fraction of sp³-hybridized carbons (Fsp3) is 0.393. The molecular formula is C28H34N2. The summed E-state index contributed by atoms with van der Waals surface area (Å²) in [5.41, 5.74) is 4.52. The summed E-state index contributed by atoms with van der Waals surface area (Å²) < 4.78 is 0. The lowest BCUT2D eigenvalue weighted by Gasteiger charge is -2.47. The van der Waals surface area contributed by atoms with Gasteiger partial charge < -0.3 is 0 Å². The van der Waals surface area contributed by atoms with E-state index >= 15 is 0 Å². The second kappa shape index (κ2) is 9.57. The van der Waals surface area contributed by atoms with Gasteiger partial charge in [-0.1, -0.05) is 60.7 Å². The Balaban J connectivity index is 1.53. The van der Waals surface area contributed by atoms with Crippen LogP contribution in [0.2, 0.25) is 0 Å². The van der Waals surface area contributed by atoms with Gasteiger partial charge in [0, 0.05) is 17.9 Å². The predicted molar refractivity (Wildman–Crippen MR) is 125 cm³/mol. The molecule has 3 aromatic rings. The van der Waals surface area contributed by atoms with Crippen molar-refractivity contribution in [1.82, 2.24) is 9.88 Å². The summed E-state index contributed by atoms with van der Waals surface area (Å²) in [4.78, 5) is 6.68. The molecule has 0 amide bonds. The molecule has 0 saturated heterocycles. The smallest absolute Gasteiger partial charge is 0.0455 e. The second-order valence-electron chi connectivity index (χ2n) is 9.14. The van der Waals surface area contributed by atoms with Crippen molar-refractivity contribution >= 4 is 0 Å². The average Bonchev–Trinajstić information content (AvgIpc) is 2.80. The molecule has 1 aromatic heterocycles. The maximum Gasteiger partial charge on any atom is 0.0455 e. The zero-order chi connectivity index (χ0) is 20.8. The first kappa shape index (κ1) is 20.8. The minimum Gasteiger partial charge on any atom is -0.300 e. The van der Waals surface area contributed by atoms with Crippen LogP contribution in [0.25, 0.3) is 0 Å². The molecule has 0 spiro atoms. The van der Waals surface area contributed by atoms with Crippen LogP contribution in [-0.4, -0.2) is 24.0 Å². The molecule has 4 rings (SSSR count). The summed E-state index contributed by atoms with van der Waals surface area (Å²) in [5.74, 6) is 1.43. The van der Waals surface area contributed by atoms with Gasteiger partial charge >= 0.3 is 0 Å². The van der Waals surface area contributed by atoms with E-state index in [0.717, 1.165) is 18.8 Å². The van der Waals surface area contributed by atoms with Crippen molar-refractivity contribution in [3.8, 4) is 0 Å². The molecule has 0 N–H and O–H groups in total. The largest absolute Gasteiger partial charge is 0.300 e. The van der Waals surface area contributed by atoms with Crippen LogP contribution in [0.4, 0.5) is 0 Å². The van der Waals surface area contributed by atoms with E-state index in [1.54, 1.807) is 0 Å². The van der Waals surface area contributed by atoms with Crippen molar-refractivity contribution in [2.45, 2.75) is 44.1 Å². The van der Waals surface area contributed by atoms with Crippen LogP contribution in [0.15, 0.2) is 85.2 Å². The van der Waals surface area contributed by atoms with Crippen LogP contribution in [0.1, 0.15) is 42.4 Å². The average molecular weight is 399 g/mol. The summed E-state index contributed by atoms with van der Waals surface area (Å²) in [5, 5.41) is 0. The molecule has 2 heteroatoms. The Labute approximate surface area is 182 Å². The Morgan fingerprint density at radius 1 is 0.800 bits per heavy atom. The minimum atomic E-state index is 0.172. The van der Waals surface area contributed by atoms with E-state index in [2.05, 4.69) is 96.8 Å². The molecule has 2 aromatic carbocycles. The van der Waals surface area contributed by atoms with Gasteiger partial charge in [-0.3, -0.25) is 9.88 Å². The first-order valence-electron chi connectivity index (χ1n) is 11.3. The molecule has 1 aliphatic carbocycles. The Hall–Kier alpha value is -2.45. The zero-order valence-electron chi connectivity index (χ0n) is 18.4. The van der Waals surface area contributed by atoms with Gasteiger partial charge in [0.2, 0.25) is 0 Å². The Morgan fingerprint density at radius 3 is 1.90 bits per heavy atom. The molecule has 1 heterocycles. The Kier molecular flexibility index (Phi) is 6.64. The van der Waals surface area contributed by atoms with Crippen molar-refractivity contribution in [2.75, 3.05) is 14.1 Å². The van der Waals surface area contributed by atoms with Crippen LogP contribution in [0.5, 0.6) is 0 Å². The normalized spacial score (nSPS) is 22.7. The zero-order valence-corrected chi connectivity index (χ0v) is 18.4. The van der Waals surface area contributed by atoms with E-state index in [4.69, 9.17) is 0 Å². The monoisotopic (exact) mass is 398 g/mol. The molecule has 0 bridgehead atoms. The second-order valence-corrected chi connectivity index (χ2v) is 9.14. The van der Waals surface area contributed by atoms with Crippen LogP contribution >= 0.6 is 0 Å². The van der Waals surface area contributed by atoms with Crippen molar-refractivity contribution in [3.05, 3.63) is 102 Å². The highest BCUT2D eigenvalue weighted by atomic mass is 15.1. The van der Waals surface area contributed by atoms with E-state index in [0.29, 0.717) is 5.92 Å². The highest BCUT2D eigenvalue weighted by Crippen LogP contribution is 2.45. The van der Waals surface area contributed by atoms with Crippen LogP contribution < -0.4 is 0 Å². The minimum absolute atomic E-state index is 0.172. The van der Waals surface area contributed by atoms with Gasteiger partial charge in [-0.05, 0) is 93.3 Å². The van der Waals surface area contributed by atoms with Gasteiger partial charge in [0.25, 0.3) is 0 Å². The number of aromatic nitrogens is 1. The molecule has 30 heavy (non-hydrogen) atoms. The lowest BCUT2D eigenvalue weighted by atomic mass is 9.67. The van der Waals surface area contributed by atoms with Gasteiger partial charge in [-0.2, -0.15) is 0 Å². The maximum absolute atomic E-state index is 4.22. The Morgan fingerprint density at radius 2 is 1.33 bits per heavy atom. The lowest BCUT2D eigenvalue weighted by Crippen LogP contribution is -2.45. The standard InChI is InChI=1S/C28H34N2/c1-30(2)28(27-11-7-4-8-12-27)17-13-25(14-18-28)26(21-23-9-5-3-6-10-23)22-24-15-19-29-20-16-24/h3-12,15-16,19-20,25-26H,13-14,17-18,21-22H2,1-2H3. The molecule has 0 radical (unpaired) electrons. The molecule has 1 saturated carbocycles. The molecule has 2 nitrogen and oxygen atoms in total. The van der Waals surface area contributed by atoms with Crippen LogP contribution in [-0.2, 0) is 18.4 Å². The third-order valence-corrected chi connectivity index (χ3v) is 7.28. The number of pyridine rings is 1. The number of benzene rings is 2. The highest BCUT2D eigenvalue weighted by molar-refractivity contribution is 5.26. The highest BCUT2D eigenvalue weighted by Gasteiger charge is 2.40. The fourth-order valence-corrected chi connectivity index (χ4v) is 5.48. The van der Waals surface area contributed by atoms with Crippen LogP contribution in [0.3, 0.4) is 0 Å². The molecular weight excluding hydrogens is 364 g/mol. The Bertz CT molecular complexity index is 840. The molecule has 1 fully saturated rings. The van der Waals surface area contributed by atoms with E-state index < -0.39 is 0 Å². The summed E-state index contributed by atoms with van der Waals surface area (Å²) in [6, 6.07) is 26.6. The van der Waals surface area contributed by atoms with E-state index in [9.17, 15) is 0 Å². The molecule has 1 aliphatic rings. The topological polar surface area (TPSA) is 16.1 Å². The molecule has 1 unspecified atom stereocenters.